The molecular weight excluding hydrogens is 278 g/mol. The van der Waals surface area contributed by atoms with Crippen molar-refractivity contribution >= 4 is 10.0 Å². The van der Waals surface area contributed by atoms with Gasteiger partial charge in [0.1, 0.15) is 11.0 Å². The molecule has 0 radical (unpaired) electrons. The highest BCUT2D eigenvalue weighted by atomic mass is 32.2. The van der Waals surface area contributed by atoms with Crippen molar-refractivity contribution in [3.63, 3.8) is 0 Å². The average molecular weight is 297 g/mol. The number of pyridine rings is 1. The molecule has 0 saturated carbocycles. The van der Waals surface area contributed by atoms with Crippen LogP contribution in [0.25, 0.3) is 0 Å². The zero-order valence-electron chi connectivity index (χ0n) is 11.7. The molecule has 7 heteroatoms. The smallest absolute Gasteiger partial charge is 0.243 e. The summed E-state index contributed by atoms with van der Waals surface area (Å²) in [5, 5.41) is 8.85. The largest absolute Gasteiger partial charge is 0.381 e. The van der Waals surface area contributed by atoms with E-state index in [4.69, 9.17) is 10.00 Å². The molecule has 0 spiro atoms. The van der Waals surface area contributed by atoms with E-state index in [9.17, 15) is 8.42 Å². The second-order valence-electron chi connectivity index (χ2n) is 4.68. The Hall–Kier alpha value is -1.49. The van der Waals surface area contributed by atoms with Crippen molar-refractivity contribution in [3.05, 3.63) is 24.0 Å². The molecule has 1 aromatic rings. The van der Waals surface area contributed by atoms with E-state index >= 15 is 0 Å². The second-order valence-corrected chi connectivity index (χ2v) is 6.42. The molecule has 0 aliphatic rings. The first-order valence-electron chi connectivity index (χ1n) is 6.40. The van der Waals surface area contributed by atoms with Crippen LogP contribution >= 0.6 is 0 Å². The van der Waals surface area contributed by atoms with Crippen LogP contribution < -0.4 is 4.72 Å². The molecule has 0 bridgehead atoms. The monoisotopic (exact) mass is 297 g/mol. The third kappa shape index (κ3) is 5.25. The summed E-state index contributed by atoms with van der Waals surface area (Å²) in [5.74, 6) is 0.459. The van der Waals surface area contributed by atoms with Crippen molar-refractivity contribution in [1.29, 1.82) is 5.26 Å². The van der Waals surface area contributed by atoms with Crippen LogP contribution in [-0.2, 0) is 14.8 Å². The van der Waals surface area contributed by atoms with E-state index in [-0.39, 0.29) is 17.1 Å². The quantitative estimate of drug-likeness (QED) is 0.730. The van der Waals surface area contributed by atoms with E-state index in [1.54, 1.807) is 6.07 Å². The average Bonchev–Trinajstić information content (AvgIpc) is 2.42. The summed E-state index contributed by atoms with van der Waals surface area (Å²) in [4.78, 5) is 3.64. The normalized spacial score (nSPS) is 11.5. The highest BCUT2D eigenvalue weighted by molar-refractivity contribution is 7.89. The number of nitrogens with one attached hydrogen (secondary N) is 1. The lowest BCUT2D eigenvalue weighted by Gasteiger charge is -2.09. The van der Waals surface area contributed by atoms with Crippen LogP contribution in [0.3, 0.4) is 0 Å². The maximum absolute atomic E-state index is 12.0. The van der Waals surface area contributed by atoms with Crippen molar-refractivity contribution in [1.82, 2.24) is 9.71 Å². The highest BCUT2D eigenvalue weighted by Crippen LogP contribution is 2.11. The number of nitriles is 1. The Kier molecular flexibility index (Phi) is 6.58. The summed E-state index contributed by atoms with van der Waals surface area (Å²) in [6.45, 7) is 5.52. The molecule has 1 heterocycles. The molecule has 0 saturated heterocycles. The Morgan fingerprint density at radius 2 is 2.25 bits per heavy atom. The van der Waals surface area contributed by atoms with Gasteiger partial charge in [0, 0.05) is 26.0 Å². The lowest BCUT2D eigenvalue weighted by atomic mass is 10.2. The summed E-state index contributed by atoms with van der Waals surface area (Å²) >= 11 is 0. The Balaban J connectivity index is 2.49. The third-order valence-electron chi connectivity index (χ3n) is 2.37. The van der Waals surface area contributed by atoms with Gasteiger partial charge < -0.3 is 4.74 Å². The predicted octanol–water partition coefficient (Wildman–Crippen LogP) is 1.29. The Morgan fingerprint density at radius 3 is 2.90 bits per heavy atom. The number of nitrogens with zero attached hydrogens (tertiary/aromatic N) is 2. The van der Waals surface area contributed by atoms with Gasteiger partial charge in [-0.15, -0.1) is 0 Å². The molecule has 0 aromatic carbocycles. The first kappa shape index (κ1) is 16.6. The number of ether oxygens (including phenoxy) is 1. The van der Waals surface area contributed by atoms with Gasteiger partial charge in [0.05, 0.1) is 0 Å². The lowest BCUT2D eigenvalue weighted by Crippen LogP contribution is -2.26. The van der Waals surface area contributed by atoms with Gasteiger partial charge in [0.25, 0.3) is 0 Å². The highest BCUT2D eigenvalue weighted by Gasteiger charge is 2.18. The van der Waals surface area contributed by atoms with Crippen molar-refractivity contribution in [3.8, 4) is 6.07 Å². The van der Waals surface area contributed by atoms with Crippen LogP contribution in [0.4, 0.5) is 0 Å². The fourth-order valence-electron chi connectivity index (χ4n) is 1.47. The standard InChI is InChI=1S/C13H19N3O3S/c1-11(2)10-19-8-4-7-16-20(17,18)13-5-3-6-15-12(13)9-14/h3,5-6,11,16H,4,7-8,10H2,1-2H3. The van der Waals surface area contributed by atoms with Crippen LogP contribution in [0.1, 0.15) is 26.0 Å². The topological polar surface area (TPSA) is 92.1 Å². The number of hydrogen-bond acceptors (Lipinski definition) is 5. The maximum Gasteiger partial charge on any atom is 0.243 e. The maximum atomic E-state index is 12.0. The molecule has 0 atom stereocenters. The SMILES string of the molecule is CC(C)COCCCNS(=O)(=O)c1cccnc1C#N. The number of rotatable bonds is 8. The molecule has 1 rings (SSSR count). The molecule has 0 amide bonds. The van der Waals surface area contributed by atoms with Crippen LogP contribution in [-0.4, -0.2) is 33.2 Å². The second kappa shape index (κ2) is 7.94. The van der Waals surface area contributed by atoms with Crippen molar-refractivity contribution < 1.29 is 13.2 Å². The van der Waals surface area contributed by atoms with Gasteiger partial charge in [0.2, 0.25) is 10.0 Å². The molecule has 110 valence electrons. The van der Waals surface area contributed by atoms with Gasteiger partial charge in [0.15, 0.2) is 5.69 Å². The number of sulfonamides is 1. The molecular formula is C13H19N3O3S. The molecule has 6 nitrogen and oxygen atoms in total. The summed E-state index contributed by atoms with van der Waals surface area (Å²) in [6, 6.07) is 4.62. The molecule has 0 aliphatic heterocycles. The zero-order valence-corrected chi connectivity index (χ0v) is 12.5. The van der Waals surface area contributed by atoms with E-state index in [0.717, 1.165) is 0 Å². The Morgan fingerprint density at radius 1 is 1.50 bits per heavy atom. The Bertz CT molecular complexity index is 564. The van der Waals surface area contributed by atoms with Crippen molar-refractivity contribution in [2.45, 2.75) is 25.2 Å². The van der Waals surface area contributed by atoms with E-state index in [2.05, 4.69) is 23.6 Å². The molecule has 1 N–H and O–H groups in total. The summed E-state index contributed by atoms with van der Waals surface area (Å²) in [7, 11) is -3.70. The lowest BCUT2D eigenvalue weighted by molar-refractivity contribution is 0.108. The van der Waals surface area contributed by atoms with Crippen molar-refractivity contribution in [2.75, 3.05) is 19.8 Å². The number of hydrogen-bond donors (Lipinski definition) is 1. The van der Waals surface area contributed by atoms with E-state index in [1.807, 2.05) is 0 Å². The minimum Gasteiger partial charge on any atom is -0.381 e. The molecule has 0 fully saturated rings. The summed E-state index contributed by atoms with van der Waals surface area (Å²) < 4.78 is 31.8. The minimum absolute atomic E-state index is 0.0920. The zero-order chi connectivity index (χ0) is 15.0. The van der Waals surface area contributed by atoms with Crippen molar-refractivity contribution in [2.24, 2.45) is 5.92 Å². The fraction of sp³-hybridized carbons (Fsp3) is 0.538. The van der Waals surface area contributed by atoms with Gasteiger partial charge >= 0.3 is 0 Å². The van der Waals surface area contributed by atoms with E-state index in [0.29, 0.717) is 25.6 Å². The fourth-order valence-corrected chi connectivity index (χ4v) is 2.65. The van der Waals surface area contributed by atoms with E-state index < -0.39 is 10.0 Å². The third-order valence-corrected chi connectivity index (χ3v) is 3.87. The summed E-state index contributed by atoms with van der Waals surface area (Å²) in [6.07, 6.45) is 1.96. The Labute approximate surface area is 119 Å². The summed E-state index contributed by atoms with van der Waals surface area (Å²) in [5.41, 5.74) is -0.101. The van der Waals surface area contributed by atoms with Gasteiger partial charge in [-0.05, 0) is 24.5 Å². The van der Waals surface area contributed by atoms with Gasteiger partial charge in [-0.1, -0.05) is 13.8 Å². The molecule has 1 aromatic heterocycles. The first-order chi connectivity index (χ1) is 9.47. The van der Waals surface area contributed by atoms with Gasteiger partial charge in [-0.3, -0.25) is 0 Å². The first-order valence-corrected chi connectivity index (χ1v) is 7.88. The predicted molar refractivity (Wildman–Crippen MR) is 74.4 cm³/mol. The molecule has 0 aliphatic carbocycles. The van der Waals surface area contributed by atoms with Gasteiger partial charge in [-0.2, -0.15) is 5.26 Å². The van der Waals surface area contributed by atoms with Crippen LogP contribution in [0.5, 0.6) is 0 Å². The minimum atomic E-state index is -3.70. The van der Waals surface area contributed by atoms with Crippen LogP contribution in [0.2, 0.25) is 0 Å². The van der Waals surface area contributed by atoms with E-state index in [1.165, 1.54) is 18.3 Å². The number of aromatic nitrogens is 1. The molecule has 0 unspecified atom stereocenters. The van der Waals surface area contributed by atoms with Crippen LogP contribution in [0.15, 0.2) is 23.2 Å². The van der Waals surface area contributed by atoms with Crippen LogP contribution in [0, 0.1) is 17.2 Å². The molecule has 20 heavy (non-hydrogen) atoms. The van der Waals surface area contributed by atoms with Gasteiger partial charge in [-0.25, -0.2) is 18.1 Å².